The number of thiazole rings is 1. The maximum atomic E-state index is 12.1. The highest BCUT2D eigenvalue weighted by Gasteiger charge is 2.24. The SMILES string of the molecule is Cn1ccc(C(=O)Nc2nc3cc(C(=O)NC4CC4)ccc3s2)n1. The normalized spacial score (nSPS) is 13.9. The average Bonchev–Trinajstić information content (AvgIpc) is 3.10. The van der Waals surface area contributed by atoms with Gasteiger partial charge >= 0.3 is 0 Å². The maximum absolute atomic E-state index is 12.1. The lowest BCUT2D eigenvalue weighted by atomic mass is 10.2. The van der Waals surface area contributed by atoms with E-state index in [0.29, 0.717) is 27.9 Å². The Hall–Kier alpha value is -2.74. The Morgan fingerprint density at radius 1 is 1.25 bits per heavy atom. The summed E-state index contributed by atoms with van der Waals surface area (Å²) in [5, 5.41) is 10.2. The molecule has 1 aliphatic rings. The van der Waals surface area contributed by atoms with Crippen LogP contribution in [0.4, 0.5) is 5.13 Å². The van der Waals surface area contributed by atoms with E-state index in [2.05, 4.69) is 20.7 Å². The largest absolute Gasteiger partial charge is 0.349 e. The van der Waals surface area contributed by atoms with Crippen LogP contribution in [-0.4, -0.2) is 32.6 Å². The summed E-state index contributed by atoms with van der Waals surface area (Å²) in [5.74, 6) is -0.382. The van der Waals surface area contributed by atoms with Crippen LogP contribution in [0.2, 0.25) is 0 Å². The van der Waals surface area contributed by atoms with Gasteiger partial charge in [0.1, 0.15) is 0 Å². The van der Waals surface area contributed by atoms with Crippen molar-refractivity contribution in [2.24, 2.45) is 7.05 Å². The van der Waals surface area contributed by atoms with E-state index in [9.17, 15) is 9.59 Å². The number of aromatic nitrogens is 3. The van der Waals surface area contributed by atoms with Crippen LogP contribution in [0.15, 0.2) is 30.5 Å². The van der Waals surface area contributed by atoms with Crippen LogP contribution in [0.25, 0.3) is 10.2 Å². The topological polar surface area (TPSA) is 88.9 Å². The van der Waals surface area contributed by atoms with E-state index in [0.717, 1.165) is 17.5 Å². The molecule has 0 bridgehead atoms. The summed E-state index contributed by atoms with van der Waals surface area (Å²) in [5.41, 5.74) is 1.61. The van der Waals surface area contributed by atoms with Gasteiger partial charge < -0.3 is 5.32 Å². The van der Waals surface area contributed by atoms with Crippen molar-refractivity contribution in [1.82, 2.24) is 20.1 Å². The van der Waals surface area contributed by atoms with Gasteiger partial charge in [0.15, 0.2) is 10.8 Å². The minimum absolute atomic E-state index is 0.0773. The molecule has 2 aromatic heterocycles. The third-order valence-electron chi connectivity index (χ3n) is 3.73. The number of amides is 2. The first-order valence-corrected chi connectivity index (χ1v) is 8.42. The molecule has 2 N–H and O–H groups in total. The Morgan fingerprint density at radius 2 is 2.08 bits per heavy atom. The summed E-state index contributed by atoms with van der Waals surface area (Å²) in [4.78, 5) is 28.6. The third-order valence-corrected chi connectivity index (χ3v) is 4.68. The molecule has 2 heterocycles. The summed E-state index contributed by atoms with van der Waals surface area (Å²) < 4.78 is 2.48. The molecule has 3 aromatic rings. The molecule has 1 saturated carbocycles. The van der Waals surface area contributed by atoms with Gasteiger partial charge in [-0.3, -0.25) is 19.6 Å². The van der Waals surface area contributed by atoms with E-state index in [4.69, 9.17) is 0 Å². The van der Waals surface area contributed by atoms with Gasteiger partial charge in [0.2, 0.25) is 0 Å². The second-order valence-electron chi connectivity index (χ2n) is 5.78. The minimum Gasteiger partial charge on any atom is -0.349 e. The molecule has 122 valence electrons. The fourth-order valence-electron chi connectivity index (χ4n) is 2.32. The Kier molecular flexibility index (Phi) is 3.53. The number of carbonyl (C=O) groups is 2. The predicted octanol–water partition coefficient (Wildman–Crippen LogP) is 2.17. The number of carbonyl (C=O) groups excluding carboxylic acids is 2. The van der Waals surface area contributed by atoms with Gasteiger partial charge in [-0.25, -0.2) is 4.98 Å². The van der Waals surface area contributed by atoms with Crippen LogP contribution in [0.3, 0.4) is 0 Å². The average molecular weight is 341 g/mol. The number of nitrogens with zero attached hydrogens (tertiary/aromatic N) is 3. The van der Waals surface area contributed by atoms with E-state index in [1.807, 2.05) is 6.07 Å². The van der Waals surface area contributed by atoms with Crippen LogP contribution >= 0.6 is 11.3 Å². The number of anilines is 1. The Bertz CT molecular complexity index is 941. The van der Waals surface area contributed by atoms with E-state index in [1.165, 1.54) is 11.3 Å². The van der Waals surface area contributed by atoms with Crippen molar-refractivity contribution in [3.05, 3.63) is 41.7 Å². The summed E-state index contributed by atoms with van der Waals surface area (Å²) in [6.07, 6.45) is 3.81. The van der Waals surface area contributed by atoms with Gasteiger partial charge in [-0.1, -0.05) is 11.3 Å². The summed E-state index contributed by atoms with van der Waals surface area (Å²) in [7, 11) is 1.75. The van der Waals surface area contributed by atoms with Crippen LogP contribution in [-0.2, 0) is 7.05 Å². The van der Waals surface area contributed by atoms with Crippen LogP contribution < -0.4 is 10.6 Å². The number of nitrogens with one attached hydrogen (secondary N) is 2. The van der Waals surface area contributed by atoms with Crippen molar-refractivity contribution in [2.75, 3.05) is 5.32 Å². The third kappa shape index (κ3) is 3.00. The summed E-state index contributed by atoms with van der Waals surface area (Å²) in [6.45, 7) is 0. The molecule has 7 nitrogen and oxygen atoms in total. The van der Waals surface area contributed by atoms with Gasteiger partial charge in [-0.2, -0.15) is 5.10 Å². The van der Waals surface area contributed by atoms with E-state index >= 15 is 0 Å². The molecular formula is C16H15N5O2S. The molecule has 0 aliphatic heterocycles. The first-order valence-electron chi connectivity index (χ1n) is 7.61. The minimum atomic E-state index is -0.304. The second-order valence-corrected chi connectivity index (χ2v) is 6.81. The Morgan fingerprint density at radius 3 is 2.79 bits per heavy atom. The van der Waals surface area contributed by atoms with Crippen molar-refractivity contribution < 1.29 is 9.59 Å². The zero-order valence-electron chi connectivity index (χ0n) is 12.9. The number of hydrogen-bond acceptors (Lipinski definition) is 5. The number of aryl methyl sites for hydroxylation is 1. The molecular weight excluding hydrogens is 326 g/mol. The fraction of sp³-hybridized carbons (Fsp3) is 0.250. The van der Waals surface area contributed by atoms with E-state index < -0.39 is 0 Å². The second kappa shape index (κ2) is 5.72. The molecule has 8 heteroatoms. The molecule has 1 fully saturated rings. The molecule has 0 saturated heterocycles. The lowest BCUT2D eigenvalue weighted by molar-refractivity contribution is 0.0950. The zero-order valence-corrected chi connectivity index (χ0v) is 13.8. The fourth-order valence-corrected chi connectivity index (χ4v) is 3.16. The Labute approximate surface area is 141 Å². The highest BCUT2D eigenvalue weighted by Crippen LogP contribution is 2.27. The first-order chi connectivity index (χ1) is 11.6. The molecule has 1 aliphatic carbocycles. The van der Waals surface area contributed by atoms with E-state index in [1.54, 1.807) is 36.1 Å². The molecule has 2 amide bonds. The summed E-state index contributed by atoms with van der Waals surface area (Å²) >= 11 is 1.36. The van der Waals surface area contributed by atoms with Gasteiger partial charge in [0, 0.05) is 24.8 Å². The van der Waals surface area contributed by atoms with Crippen molar-refractivity contribution in [1.29, 1.82) is 0 Å². The Balaban J connectivity index is 1.54. The molecule has 24 heavy (non-hydrogen) atoms. The molecule has 0 spiro atoms. The van der Waals surface area contributed by atoms with Crippen molar-refractivity contribution in [2.45, 2.75) is 18.9 Å². The molecule has 0 unspecified atom stereocenters. The molecule has 0 radical (unpaired) electrons. The standard InChI is InChI=1S/C16H15N5O2S/c1-21-7-6-11(20-21)15(23)19-16-18-12-8-9(2-5-13(12)24-16)14(22)17-10-3-4-10/h2,5-8,10H,3-4H2,1H3,(H,17,22)(H,18,19,23). The smallest absolute Gasteiger partial charge is 0.277 e. The van der Waals surface area contributed by atoms with Crippen molar-refractivity contribution in [3.63, 3.8) is 0 Å². The quantitative estimate of drug-likeness (QED) is 0.761. The van der Waals surface area contributed by atoms with Crippen molar-refractivity contribution >= 4 is 38.5 Å². The number of fused-ring (bicyclic) bond motifs is 1. The highest BCUT2D eigenvalue weighted by molar-refractivity contribution is 7.22. The molecule has 4 rings (SSSR count). The van der Waals surface area contributed by atoms with E-state index in [-0.39, 0.29) is 11.8 Å². The number of hydrogen-bond donors (Lipinski definition) is 2. The monoisotopic (exact) mass is 341 g/mol. The zero-order chi connectivity index (χ0) is 16.7. The highest BCUT2D eigenvalue weighted by atomic mass is 32.1. The van der Waals surface area contributed by atoms with Gasteiger partial charge in [0.05, 0.1) is 10.2 Å². The lowest BCUT2D eigenvalue weighted by Crippen LogP contribution is -2.25. The van der Waals surface area contributed by atoms with Gasteiger partial charge in [-0.15, -0.1) is 0 Å². The first kappa shape index (κ1) is 14.8. The molecule has 0 atom stereocenters. The van der Waals surface area contributed by atoms with Crippen LogP contribution in [0.1, 0.15) is 33.7 Å². The molecule has 1 aromatic carbocycles. The van der Waals surface area contributed by atoms with Gasteiger partial charge in [-0.05, 0) is 37.1 Å². The van der Waals surface area contributed by atoms with Crippen molar-refractivity contribution in [3.8, 4) is 0 Å². The predicted molar refractivity (Wildman–Crippen MR) is 91.3 cm³/mol. The number of rotatable bonds is 4. The summed E-state index contributed by atoms with van der Waals surface area (Å²) in [6, 6.07) is 7.34. The maximum Gasteiger partial charge on any atom is 0.277 e. The van der Waals surface area contributed by atoms with Gasteiger partial charge in [0.25, 0.3) is 11.8 Å². The van der Waals surface area contributed by atoms with Crippen LogP contribution in [0.5, 0.6) is 0 Å². The lowest BCUT2D eigenvalue weighted by Gasteiger charge is -2.02. The van der Waals surface area contributed by atoms with Crippen LogP contribution in [0, 0.1) is 0 Å². The number of benzene rings is 1.